The van der Waals surface area contributed by atoms with Gasteiger partial charge in [0, 0.05) is 11.4 Å². The predicted octanol–water partition coefficient (Wildman–Crippen LogP) is 0.574. The van der Waals surface area contributed by atoms with Crippen LogP contribution >= 0.6 is 11.3 Å². The molecule has 0 atom stereocenters. The van der Waals surface area contributed by atoms with Gasteiger partial charge in [0.2, 0.25) is 0 Å². The third-order valence-corrected chi connectivity index (χ3v) is 2.44. The molecule has 84 valence electrons. The average Bonchev–Trinajstić information content (AvgIpc) is 2.72. The zero-order valence-corrected chi connectivity index (χ0v) is 9.04. The van der Waals surface area contributed by atoms with Crippen LogP contribution in [-0.2, 0) is 4.79 Å². The van der Waals surface area contributed by atoms with Crippen LogP contribution < -0.4 is 10.1 Å². The molecule has 0 spiro atoms. The summed E-state index contributed by atoms with van der Waals surface area (Å²) in [6.45, 7) is -0.0380. The third kappa shape index (κ3) is 3.63. The summed E-state index contributed by atoms with van der Waals surface area (Å²) in [6.07, 6.45) is 4.95. The van der Waals surface area contributed by atoms with Crippen molar-refractivity contribution in [1.82, 2.24) is 5.32 Å². The summed E-state index contributed by atoms with van der Waals surface area (Å²) in [4.78, 5) is 21.8. The molecule has 0 saturated carbocycles. The number of ether oxygens (including phenoxy) is 1. The van der Waals surface area contributed by atoms with E-state index in [0.29, 0.717) is 5.75 Å². The van der Waals surface area contributed by atoms with Crippen molar-refractivity contribution in [3.63, 3.8) is 0 Å². The second-order valence-corrected chi connectivity index (χ2v) is 3.63. The lowest BCUT2D eigenvalue weighted by molar-refractivity contribution is -0.122. The minimum atomic E-state index is -1.02. The molecule has 1 aromatic rings. The number of carboxylic acid groups (broad SMARTS) is 1. The van der Waals surface area contributed by atoms with E-state index < -0.39 is 5.97 Å². The van der Waals surface area contributed by atoms with Crippen molar-refractivity contribution in [1.29, 1.82) is 0 Å². The second-order valence-electron chi connectivity index (χ2n) is 2.72. The van der Waals surface area contributed by atoms with Crippen LogP contribution in [-0.4, -0.2) is 30.1 Å². The fraction of sp³-hybridized carbons (Fsp3) is 0.200. The molecule has 0 aromatic carbocycles. The molecule has 2 N–H and O–H groups in total. The fourth-order valence-corrected chi connectivity index (χ4v) is 1.52. The summed E-state index contributed by atoms with van der Waals surface area (Å²) >= 11 is 1.04. The van der Waals surface area contributed by atoms with Crippen molar-refractivity contribution in [3.8, 4) is 18.1 Å². The van der Waals surface area contributed by atoms with Gasteiger partial charge in [0.15, 0.2) is 6.61 Å². The molecule has 0 aliphatic heterocycles. The normalized spacial score (nSPS) is 9.19. The van der Waals surface area contributed by atoms with E-state index in [1.54, 1.807) is 0 Å². The number of nitrogens with one attached hydrogen (secondary N) is 1. The van der Waals surface area contributed by atoms with Gasteiger partial charge in [-0.15, -0.1) is 17.8 Å². The highest BCUT2D eigenvalue weighted by atomic mass is 32.1. The van der Waals surface area contributed by atoms with Crippen molar-refractivity contribution < 1.29 is 19.4 Å². The van der Waals surface area contributed by atoms with Crippen molar-refractivity contribution in [2.75, 3.05) is 13.2 Å². The summed E-state index contributed by atoms with van der Waals surface area (Å²) in [5.74, 6) is 1.25. The summed E-state index contributed by atoms with van der Waals surface area (Å²) in [6, 6.07) is 1.36. The first-order valence-corrected chi connectivity index (χ1v) is 5.16. The van der Waals surface area contributed by atoms with Crippen LogP contribution in [0, 0.1) is 12.3 Å². The summed E-state index contributed by atoms with van der Waals surface area (Å²) in [5, 5.41) is 12.6. The molecule has 1 amide bonds. The monoisotopic (exact) mass is 239 g/mol. The number of carbonyl (C=O) groups excluding carboxylic acids is 1. The van der Waals surface area contributed by atoms with Gasteiger partial charge in [-0.1, -0.05) is 5.92 Å². The molecule has 1 aromatic heterocycles. The van der Waals surface area contributed by atoms with Crippen LogP contribution in [0.4, 0.5) is 0 Å². The molecule has 0 aliphatic carbocycles. The highest BCUT2D eigenvalue weighted by molar-refractivity contribution is 7.12. The lowest BCUT2D eigenvalue weighted by Crippen LogP contribution is -2.28. The average molecular weight is 239 g/mol. The van der Waals surface area contributed by atoms with E-state index in [4.69, 9.17) is 16.3 Å². The van der Waals surface area contributed by atoms with Gasteiger partial charge in [0.25, 0.3) is 5.91 Å². The number of amides is 1. The third-order valence-electron chi connectivity index (χ3n) is 1.54. The molecule has 1 heterocycles. The van der Waals surface area contributed by atoms with Gasteiger partial charge in [-0.25, -0.2) is 4.79 Å². The molecule has 0 radical (unpaired) electrons. The van der Waals surface area contributed by atoms with E-state index in [9.17, 15) is 9.59 Å². The predicted molar refractivity (Wildman–Crippen MR) is 58.6 cm³/mol. The number of terminal acetylenes is 1. The molecule has 16 heavy (non-hydrogen) atoms. The number of rotatable bonds is 5. The van der Waals surface area contributed by atoms with Gasteiger partial charge in [-0.3, -0.25) is 4.79 Å². The van der Waals surface area contributed by atoms with E-state index >= 15 is 0 Å². The first-order valence-electron chi connectivity index (χ1n) is 4.28. The zero-order chi connectivity index (χ0) is 12.0. The van der Waals surface area contributed by atoms with Crippen LogP contribution in [0.2, 0.25) is 0 Å². The van der Waals surface area contributed by atoms with E-state index in [0.717, 1.165) is 11.3 Å². The smallest absolute Gasteiger partial charge is 0.346 e. The lowest BCUT2D eigenvalue weighted by Gasteiger charge is -2.02. The first kappa shape index (κ1) is 12.1. The van der Waals surface area contributed by atoms with Crippen LogP contribution in [0.5, 0.6) is 5.75 Å². The molecule has 1 rings (SSSR count). The van der Waals surface area contributed by atoms with Gasteiger partial charge >= 0.3 is 5.97 Å². The van der Waals surface area contributed by atoms with Crippen LogP contribution in [0.15, 0.2) is 11.4 Å². The van der Waals surface area contributed by atoms with Gasteiger partial charge < -0.3 is 15.2 Å². The molecule has 0 bridgehead atoms. The van der Waals surface area contributed by atoms with E-state index in [2.05, 4.69) is 11.2 Å². The Morgan fingerprint density at radius 2 is 2.38 bits per heavy atom. The largest absolute Gasteiger partial charge is 0.483 e. The quantitative estimate of drug-likeness (QED) is 0.737. The molecule has 0 aliphatic rings. The standard InChI is InChI=1S/C10H9NO4S/c1-2-3-11-9(12)5-15-7-4-8(10(13)14)16-6-7/h1,4,6H,3,5H2,(H,11,12)(H,13,14). The van der Waals surface area contributed by atoms with Crippen LogP contribution in [0.25, 0.3) is 0 Å². The number of aromatic carboxylic acids is 1. The summed E-state index contributed by atoms with van der Waals surface area (Å²) < 4.78 is 5.06. The molecule has 0 fully saturated rings. The van der Waals surface area contributed by atoms with Crippen molar-refractivity contribution >= 4 is 23.2 Å². The van der Waals surface area contributed by atoms with Crippen LogP contribution in [0.1, 0.15) is 9.67 Å². The number of carbonyl (C=O) groups is 2. The van der Waals surface area contributed by atoms with Crippen molar-refractivity contribution in [3.05, 3.63) is 16.3 Å². The summed E-state index contributed by atoms with van der Waals surface area (Å²) in [7, 11) is 0. The number of hydrogen-bond acceptors (Lipinski definition) is 4. The summed E-state index contributed by atoms with van der Waals surface area (Å²) in [5.41, 5.74) is 0. The zero-order valence-electron chi connectivity index (χ0n) is 8.23. The maximum Gasteiger partial charge on any atom is 0.346 e. The van der Waals surface area contributed by atoms with Gasteiger partial charge in [0.05, 0.1) is 6.54 Å². The van der Waals surface area contributed by atoms with E-state index in [1.807, 2.05) is 0 Å². The molecular weight excluding hydrogens is 230 g/mol. The minimum Gasteiger partial charge on any atom is -0.483 e. The van der Waals surface area contributed by atoms with Gasteiger partial charge in [-0.2, -0.15) is 0 Å². The fourth-order valence-electron chi connectivity index (χ4n) is 0.856. The topological polar surface area (TPSA) is 75.6 Å². The van der Waals surface area contributed by atoms with Gasteiger partial charge in [0.1, 0.15) is 10.6 Å². The Bertz CT molecular complexity index is 432. The molecule has 5 nitrogen and oxygen atoms in total. The van der Waals surface area contributed by atoms with Crippen LogP contribution in [0.3, 0.4) is 0 Å². The molecule has 0 unspecified atom stereocenters. The van der Waals surface area contributed by atoms with Gasteiger partial charge in [-0.05, 0) is 0 Å². The number of carboxylic acids is 1. The highest BCUT2D eigenvalue weighted by Crippen LogP contribution is 2.21. The Morgan fingerprint density at radius 3 is 2.94 bits per heavy atom. The maximum atomic E-state index is 11.1. The second kappa shape index (κ2) is 5.78. The number of hydrogen-bond donors (Lipinski definition) is 2. The maximum absolute atomic E-state index is 11.1. The first-order chi connectivity index (χ1) is 7.63. The Labute approximate surface area is 96.0 Å². The SMILES string of the molecule is C#CCNC(=O)COc1csc(C(=O)O)c1. The molecule has 0 saturated heterocycles. The number of thiophene rings is 1. The van der Waals surface area contributed by atoms with E-state index in [-0.39, 0.29) is 23.9 Å². The van der Waals surface area contributed by atoms with Crippen molar-refractivity contribution in [2.45, 2.75) is 0 Å². The molecule has 6 heteroatoms. The van der Waals surface area contributed by atoms with Crippen molar-refractivity contribution in [2.24, 2.45) is 0 Å². The van der Waals surface area contributed by atoms with E-state index in [1.165, 1.54) is 11.4 Å². The Morgan fingerprint density at radius 1 is 1.62 bits per heavy atom. The molecular formula is C10H9NO4S. The Balaban J connectivity index is 2.40. The highest BCUT2D eigenvalue weighted by Gasteiger charge is 2.08. The minimum absolute atomic E-state index is 0.145. The lowest BCUT2D eigenvalue weighted by atomic mass is 10.4. The Hall–Kier alpha value is -2.00. The Kier molecular flexibility index (Phi) is 4.36.